The van der Waals surface area contributed by atoms with E-state index in [0.29, 0.717) is 26.7 Å². The molecule has 1 heterocycles. The minimum Gasteiger partial charge on any atom is -0.854 e. The van der Waals surface area contributed by atoms with Crippen molar-refractivity contribution in [3.8, 4) is 0 Å². The minimum absolute atomic E-state index is 0. The van der Waals surface area contributed by atoms with Crippen molar-refractivity contribution in [3.05, 3.63) is 117 Å². The fraction of sp³-hybridized carbons (Fsp3) is 0.0476. The third-order valence-corrected chi connectivity index (χ3v) is 4.36. The number of aromatic nitrogens is 1. The molecule has 3 nitrogen and oxygen atoms in total. The van der Waals surface area contributed by atoms with Crippen LogP contribution in [0.5, 0.6) is 0 Å². The van der Waals surface area contributed by atoms with E-state index in [4.69, 9.17) is 23.2 Å². The topological polar surface area (TPSA) is 55.4 Å². The van der Waals surface area contributed by atoms with Crippen LogP contribution in [0.15, 0.2) is 78.6 Å². The molecular formula is C21H14Cl2N2OU. The van der Waals surface area contributed by atoms with Crippen LogP contribution >= 0.6 is 23.2 Å². The van der Waals surface area contributed by atoms with Gasteiger partial charge in [0, 0.05) is 28.0 Å². The SMILES string of the molecule is [N-]=C(C(=[C-]c1ccc(Cl)cc1)C(O)c1cccnc1)c1ccccc1Cl.[U+2]. The number of aliphatic hydroxyl groups excluding tert-OH is 1. The Morgan fingerprint density at radius 2 is 1.70 bits per heavy atom. The molecule has 0 fully saturated rings. The normalized spacial score (nSPS) is 12.2. The molecule has 1 aromatic heterocycles. The smallest absolute Gasteiger partial charge is 0.854 e. The number of benzene rings is 2. The first kappa shape index (κ1) is 21.9. The van der Waals surface area contributed by atoms with Gasteiger partial charge in [0.2, 0.25) is 0 Å². The summed E-state index contributed by atoms with van der Waals surface area (Å²) >= 11 is 12.1. The number of nitrogens with zero attached hydrogens (tertiary/aromatic N) is 2. The number of hydrogen-bond acceptors (Lipinski definition) is 2. The summed E-state index contributed by atoms with van der Waals surface area (Å²) in [5.74, 6) is 0. The van der Waals surface area contributed by atoms with Gasteiger partial charge in [0.15, 0.2) is 0 Å². The first-order valence-corrected chi connectivity index (χ1v) is 8.60. The Morgan fingerprint density at radius 3 is 2.33 bits per heavy atom. The van der Waals surface area contributed by atoms with Crippen molar-refractivity contribution in [3.63, 3.8) is 0 Å². The predicted molar refractivity (Wildman–Crippen MR) is 105 cm³/mol. The summed E-state index contributed by atoms with van der Waals surface area (Å²) in [6.07, 6.45) is 5.08. The van der Waals surface area contributed by atoms with Crippen molar-refractivity contribution < 1.29 is 36.2 Å². The second-order valence-electron chi connectivity index (χ2n) is 5.56. The molecule has 0 bridgehead atoms. The Morgan fingerprint density at radius 1 is 1.00 bits per heavy atom. The Hall–Kier alpha value is -1.41. The van der Waals surface area contributed by atoms with Gasteiger partial charge in [-0.15, -0.1) is 29.3 Å². The van der Waals surface area contributed by atoms with Crippen LogP contribution in [0.25, 0.3) is 5.41 Å². The van der Waals surface area contributed by atoms with Gasteiger partial charge in [-0.3, -0.25) is 4.98 Å². The first-order chi connectivity index (χ1) is 12.6. The van der Waals surface area contributed by atoms with E-state index in [-0.39, 0.29) is 42.4 Å². The number of halogens is 2. The molecule has 6 heteroatoms. The maximum atomic E-state index is 10.8. The zero-order valence-corrected chi connectivity index (χ0v) is 19.8. The quantitative estimate of drug-likeness (QED) is 0.313. The van der Waals surface area contributed by atoms with Crippen molar-refractivity contribution in [2.24, 2.45) is 0 Å². The molecule has 3 rings (SSSR count). The maximum Gasteiger partial charge on any atom is 2.00 e. The molecule has 0 spiro atoms. The minimum atomic E-state index is -1.13. The maximum absolute atomic E-state index is 10.8. The van der Waals surface area contributed by atoms with Gasteiger partial charge in [0.05, 0.1) is 6.10 Å². The third-order valence-electron chi connectivity index (χ3n) is 3.78. The summed E-state index contributed by atoms with van der Waals surface area (Å²) in [6, 6.07) is 17.2. The molecule has 1 atom stereocenters. The van der Waals surface area contributed by atoms with E-state index in [1.165, 1.54) is 6.20 Å². The van der Waals surface area contributed by atoms with Gasteiger partial charge in [0.1, 0.15) is 0 Å². The fourth-order valence-electron chi connectivity index (χ4n) is 2.45. The van der Waals surface area contributed by atoms with Crippen LogP contribution in [0, 0.1) is 37.2 Å². The molecule has 0 aliphatic heterocycles. The summed E-state index contributed by atoms with van der Waals surface area (Å²) in [6.45, 7) is 0. The van der Waals surface area contributed by atoms with Crippen LogP contribution in [0.2, 0.25) is 10.0 Å². The summed E-state index contributed by atoms with van der Waals surface area (Å²) in [7, 11) is 0. The van der Waals surface area contributed by atoms with Crippen molar-refractivity contribution >= 4 is 28.9 Å². The van der Waals surface area contributed by atoms with Crippen LogP contribution in [-0.4, -0.2) is 15.8 Å². The molecule has 2 aromatic carbocycles. The molecule has 0 saturated carbocycles. The van der Waals surface area contributed by atoms with Crippen LogP contribution in [-0.2, 0) is 0 Å². The average Bonchev–Trinajstić information content (AvgIpc) is 2.67. The van der Waals surface area contributed by atoms with Gasteiger partial charge >= 0.3 is 31.1 Å². The van der Waals surface area contributed by atoms with Crippen molar-refractivity contribution in [2.75, 3.05) is 0 Å². The van der Waals surface area contributed by atoms with Crippen LogP contribution in [0.1, 0.15) is 22.8 Å². The van der Waals surface area contributed by atoms with Gasteiger partial charge in [-0.25, -0.2) is 5.71 Å². The molecule has 0 saturated heterocycles. The van der Waals surface area contributed by atoms with Crippen molar-refractivity contribution in [1.82, 2.24) is 4.98 Å². The average molecular weight is 619 g/mol. The zero-order chi connectivity index (χ0) is 18.5. The molecule has 1 N–H and O–H groups in total. The fourth-order valence-corrected chi connectivity index (χ4v) is 2.80. The standard InChI is InChI=1S/C21H14Cl2N2O.U/c22-16-9-7-14(8-10-16)12-18(21(26)15-4-3-11-25-13-15)20(24)17-5-1-2-6-19(17)23;/h1-11,13,21,26H;/q-2;+2. The number of pyridine rings is 1. The van der Waals surface area contributed by atoms with Crippen molar-refractivity contribution in [2.45, 2.75) is 6.10 Å². The predicted octanol–water partition coefficient (Wildman–Crippen LogP) is 5.26. The second kappa shape index (κ2) is 10.2. The molecule has 27 heavy (non-hydrogen) atoms. The van der Waals surface area contributed by atoms with Crippen LogP contribution < -0.4 is 0 Å². The Labute approximate surface area is 192 Å². The first-order valence-electron chi connectivity index (χ1n) is 7.85. The number of rotatable bonds is 5. The number of hydrogen-bond donors (Lipinski definition) is 1. The van der Waals surface area contributed by atoms with Gasteiger partial charge in [0.25, 0.3) is 0 Å². The Bertz CT molecular complexity index is 944. The molecular weight excluding hydrogens is 605 g/mol. The molecule has 1 unspecified atom stereocenters. The molecule has 0 amide bonds. The van der Waals surface area contributed by atoms with E-state index in [9.17, 15) is 10.5 Å². The molecule has 0 aliphatic carbocycles. The van der Waals surface area contributed by atoms with Gasteiger partial charge in [-0.1, -0.05) is 65.2 Å². The zero-order valence-electron chi connectivity index (χ0n) is 14.1. The second-order valence-corrected chi connectivity index (χ2v) is 6.41. The van der Waals surface area contributed by atoms with Gasteiger partial charge < -0.3 is 10.5 Å². The van der Waals surface area contributed by atoms with Crippen LogP contribution in [0.4, 0.5) is 0 Å². The summed E-state index contributed by atoms with van der Waals surface area (Å²) < 4.78 is 0. The van der Waals surface area contributed by atoms with E-state index >= 15 is 0 Å². The van der Waals surface area contributed by atoms with Gasteiger partial charge in [-0.2, -0.15) is 0 Å². The number of aliphatic hydroxyl groups is 1. The monoisotopic (exact) mass is 618 g/mol. The molecule has 0 aliphatic rings. The van der Waals surface area contributed by atoms with Crippen molar-refractivity contribution in [1.29, 1.82) is 0 Å². The van der Waals surface area contributed by atoms with E-state index in [1.807, 2.05) is 0 Å². The van der Waals surface area contributed by atoms with Gasteiger partial charge in [-0.05, 0) is 12.1 Å². The molecule has 3 aromatic rings. The molecule has 132 valence electrons. The van der Waals surface area contributed by atoms with E-state index in [1.54, 1.807) is 66.9 Å². The summed E-state index contributed by atoms with van der Waals surface area (Å²) in [5.41, 5.74) is 1.64. The van der Waals surface area contributed by atoms with Crippen LogP contribution in [0.3, 0.4) is 0 Å². The Balaban J connectivity index is 0.00000261. The van der Waals surface area contributed by atoms with E-state index in [0.717, 1.165) is 0 Å². The molecule has 0 radical (unpaired) electrons. The van der Waals surface area contributed by atoms with E-state index in [2.05, 4.69) is 11.1 Å². The third kappa shape index (κ3) is 5.54. The van der Waals surface area contributed by atoms with E-state index < -0.39 is 6.10 Å². The summed E-state index contributed by atoms with van der Waals surface area (Å²) in [4.78, 5) is 4.02. The summed E-state index contributed by atoms with van der Waals surface area (Å²) in [5, 5.41) is 22.6. The largest absolute Gasteiger partial charge is 2.00 e. The Kier molecular flexibility index (Phi) is 8.29.